The van der Waals surface area contributed by atoms with Crippen molar-refractivity contribution in [2.45, 2.75) is 51.0 Å². The number of esters is 1. The van der Waals surface area contributed by atoms with E-state index in [9.17, 15) is 9.59 Å². The van der Waals surface area contributed by atoms with Crippen LogP contribution in [0.25, 0.3) is 0 Å². The number of hydrogen-bond donors (Lipinski definition) is 1. The van der Waals surface area contributed by atoms with Gasteiger partial charge in [-0.3, -0.25) is 0 Å². The highest BCUT2D eigenvalue weighted by Crippen LogP contribution is 2.20. The van der Waals surface area contributed by atoms with E-state index in [0.29, 0.717) is 6.54 Å². The Bertz CT molecular complexity index is 379. The molecule has 2 aliphatic rings. The Balaban J connectivity index is 1.82. The van der Waals surface area contributed by atoms with E-state index < -0.39 is 6.03 Å². The van der Waals surface area contributed by atoms with Crippen LogP contribution in [-0.2, 0) is 9.53 Å². The number of likely N-dealkylation sites (tertiary alicyclic amines) is 1. The molecule has 2 amide bonds. The average Bonchev–Trinajstić information content (AvgIpc) is 2.69. The molecule has 106 valence electrons. The van der Waals surface area contributed by atoms with Gasteiger partial charge in [0, 0.05) is 12.1 Å². The van der Waals surface area contributed by atoms with Gasteiger partial charge in [0.25, 0.3) is 0 Å². The SMILES string of the molecule is NC(=O)N1CCC[C@H]1COC(=O)C1=CCCCCC1. The smallest absolute Gasteiger partial charge is 0.333 e. The third kappa shape index (κ3) is 3.72. The zero-order chi connectivity index (χ0) is 13.7. The lowest BCUT2D eigenvalue weighted by Crippen LogP contribution is -2.42. The fraction of sp³-hybridized carbons (Fsp3) is 0.714. The Morgan fingerprint density at radius 2 is 2.16 bits per heavy atom. The number of nitrogens with two attached hydrogens (primary N) is 1. The number of allylic oxidation sites excluding steroid dienone is 1. The maximum absolute atomic E-state index is 12.0. The minimum Gasteiger partial charge on any atom is -0.460 e. The first kappa shape index (κ1) is 13.9. The molecule has 0 aromatic rings. The highest BCUT2D eigenvalue weighted by atomic mass is 16.5. The average molecular weight is 266 g/mol. The third-order valence-electron chi connectivity index (χ3n) is 3.87. The summed E-state index contributed by atoms with van der Waals surface area (Å²) < 4.78 is 5.34. The van der Waals surface area contributed by atoms with Crippen molar-refractivity contribution in [3.63, 3.8) is 0 Å². The summed E-state index contributed by atoms with van der Waals surface area (Å²) in [5.74, 6) is -0.224. The number of urea groups is 1. The zero-order valence-corrected chi connectivity index (χ0v) is 11.3. The molecule has 0 bridgehead atoms. The standard InChI is InChI=1S/C14H22N2O3/c15-14(18)16-9-5-8-12(16)10-19-13(17)11-6-3-1-2-4-7-11/h6,12H,1-5,7-10H2,(H2,15,18)/t12-/m0/s1. The summed E-state index contributed by atoms with van der Waals surface area (Å²) in [5, 5.41) is 0. The monoisotopic (exact) mass is 266 g/mol. The Morgan fingerprint density at radius 3 is 2.95 bits per heavy atom. The van der Waals surface area contributed by atoms with Crippen LogP contribution in [0, 0.1) is 0 Å². The van der Waals surface area contributed by atoms with Crippen molar-refractivity contribution in [3.8, 4) is 0 Å². The van der Waals surface area contributed by atoms with Gasteiger partial charge >= 0.3 is 12.0 Å². The predicted octanol–water partition coefficient (Wildman–Crippen LogP) is 1.96. The molecule has 5 nitrogen and oxygen atoms in total. The van der Waals surface area contributed by atoms with E-state index in [2.05, 4.69) is 0 Å². The van der Waals surface area contributed by atoms with Gasteiger partial charge in [0.2, 0.25) is 0 Å². The minimum absolute atomic E-state index is 0.0483. The fourth-order valence-corrected chi connectivity index (χ4v) is 2.76. The molecule has 0 spiro atoms. The Morgan fingerprint density at radius 1 is 1.32 bits per heavy atom. The minimum atomic E-state index is -0.424. The Hall–Kier alpha value is -1.52. The Kier molecular flexibility index (Phi) is 4.82. The summed E-state index contributed by atoms with van der Waals surface area (Å²) in [7, 11) is 0. The summed E-state index contributed by atoms with van der Waals surface area (Å²) >= 11 is 0. The molecule has 2 rings (SSSR count). The number of carbonyl (C=O) groups excluding carboxylic acids is 2. The van der Waals surface area contributed by atoms with E-state index in [4.69, 9.17) is 10.5 Å². The molecule has 2 N–H and O–H groups in total. The van der Waals surface area contributed by atoms with E-state index in [1.807, 2.05) is 6.08 Å². The van der Waals surface area contributed by atoms with E-state index in [0.717, 1.165) is 44.1 Å². The van der Waals surface area contributed by atoms with Crippen molar-refractivity contribution in [1.82, 2.24) is 4.90 Å². The third-order valence-corrected chi connectivity index (χ3v) is 3.87. The van der Waals surface area contributed by atoms with Crippen LogP contribution in [0.2, 0.25) is 0 Å². The number of ether oxygens (including phenoxy) is 1. The van der Waals surface area contributed by atoms with Crippen LogP contribution in [0.3, 0.4) is 0 Å². The van der Waals surface area contributed by atoms with Crippen molar-refractivity contribution >= 4 is 12.0 Å². The largest absolute Gasteiger partial charge is 0.460 e. The molecular formula is C14H22N2O3. The van der Waals surface area contributed by atoms with E-state index in [-0.39, 0.29) is 18.6 Å². The highest BCUT2D eigenvalue weighted by Gasteiger charge is 2.28. The molecule has 0 aromatic carbocycles. The molecule has 0 aromatic heterocycles. The summed E-state index contributed by atoms with van der Waals surface area (Å²) in [5.41, 5.74) is 6.09. The quantitative estimate of drug-likeness (QED) is 0.794. The lowest BCUT2D eigenvalue weighted by Gasteiger charge is -2.22. The molecule has 0 saturated carbocycles. The van der Waals surface area contributed by atoms with E-state index in [1.54, 1.807) is 4.90 Å². The van der Waals surface area contributed by atoms with Crippen molar-refractivity contribution < 1.29 is 14.3 Å². The molecule has 1 aliphatic heterocycles. The highest BCUT2D eigenvalue weighted by molar-refractivity contribution is 5.88. The fourth-order valence-electron chi connectivity index (χ4n) is 2.76. The number of carbonyl (C=O) groups is 2. The predicted molar refractivity (Wildman–Crippen MR) is 71.4 cm³/mol. The maximum Gasteiger partial charge on any atom is 0.333 e. The number of primary amides is 1. The topological polar surface area (TPSA) is 72.6 Å². The van der Waals surface area contributed by atoms with Crippen molar-refractivity contribution in [3.05, 3.63) is 11.6 Å². The summed E-state index contributed by atoms with van der Waals surface area (Å²) in [6.07, 6.45) is 8.92. The first-order valence-corrected chi connectivity index (χ1v) is 7.10. The van der Waals surface area contributed by atoms with Gasteiger partial charge in [-0.15, -0.1) is 0 Å². The van der Waals surface area contributed by atoms with Gasteiger partial charge in [0.1, 0.15) is 6.61 Å². The van der Waals surface area contributed by atoms with Gasteiger partial charge in [0.05, 0.1) is 6.04 Å². The molecule has 1 aliphatic carbocycles. The van der Waals surface area contributed by atoms with Gasteiger partial charge in [-0.25, -0.2) is 9.59 Å². The van der Waals surface area contributed by atoms with E-state index >= 15 is 0 Å². The second kappa shape index (κ2) is 6.59. The molecule has 1 saturated heterocycles. The molecule has 19 heavy (non-hydrogen) atoms. The molecular weight excluding hydrogens is 244 g/mol. The second-order valence-electron chi connectivity index (χ2n) is 5.25. The molecule has 0 unspecified atom stereocenters. The van der Waals surface area contributed by atoms with Crippen molar-refractivity contribution in [2.24, 2.45) is 5.73 Å². The van der Waals surface area contributed by atoms with Crippen LogP contribution in [0.1, 0.15) is 44.9 Å². The van der Waals surface area contributed by atoms with Crippen LogP contribution in [0.15, 0.2) is 11.6 Å². The number of nitrogens with zero attached hydrogens (tertiary/aromatic N) is 1. The number of hydrogen-bond acceptors (Lipinski definition) is 3. The molecule has 1 fully saturated rings. The number of rotatable bonds is 3. The Labute approximate surface area is 113 Å². The van der Waals surface area contributed by atoms with Gasteiger partial charge < -0.3 is 15.4 Å². The summed E-state index contributed by atoms with van der Waals surface area (Å²) in [4.78, 5) is 24.8. The summed E-state index contributed by atoms with van der Waals surface area (Å²) in [6, 6.07) is -0.472. The van der Waals surface area contributed by atoms with Gasteiger partial charge in [-0.05, 0) is 38.5 Å². The molecule has 1 atom stereocenters. The number of amides is 2. The summed E-state index contributed by atoms with van der Waals surface area (Å²) in [6.45, 7) is 0.930. The van der Waals surface area contributed by atoms with Gasteiger partial charge in [-0.2, -0.15) is 0 Å². The van der Waals surface area contributed by atoms with Crippen LogP contribution >= 0.6 is 0 Å². The van der Waals surface area contributed by atoms with Crippen LogP contribution < -0.4 is 5.73 Å². The lowest BCUT2D eigenvalue weighted by atomic mass is 10.1. The normalized spacial score (nSPS) is 23.7. The first-order chi connectivity index (χ1) is 9.18. The molecule has 1 heterocycles. The van der Waals surface area contributed by atoms with Crippen LogP contribution in [-0.4, -0.2) is 36.1 Å². The van der Waals surface area contributed by atoms with Crippen molar-refractivity contribution in [2.75, 3.05) is 13.2 Å². The lowest BCUT2D eigenvalue weighted by molar-refractivity contribution is -0.140. The van der Waals surface area contributed by atoms with E-state index in [1.165, 1.54) is 6.42 Å². The second-order valence-corrected chi connectivity index (χ2v) is 5.25. The maximum atomic E-state index is 12.0. The molecule has 5 heteroatoms. The molecule has 0 radical (unpaired) electrons. The van der Waals surface area contributed by atoms with Gasteiger partial charge in [-0.1, -0.05) is 12.5 Å². The first-order valence-electron chi connectivity index (χ1n) is 7.10. The van der Waals surface area contributed by atoms with Gasteiger partial charge in [0.15, 0.2) is 0 Å². The zero-order valence-electron chi connectivity index (χ0n) is 11.3. The van der Waals surface area contributed by atoms with Crippen LogP contribution in [0.4, 0.5) is 4.79 Å². The van der Waals surface area contributed by atoms with Crippen LogP contribution in [0.5, 0.6) is 0 Å². The van der Waals surface area contributed by atoms with Crippen molar-refractivity contribution in [1.29, 1.82) is 0 Å².